The Labute approximate surface area is 199 Å². The van der Waals surface area contributed by atoms with E-state index in [1.807, 2.05) is 36.4 Å². The summed E-state index contributed by atoms with van der Waals surface area (Å²) in [6.07, 6.45) is 4.50. The summed E-state index contributed by atoms with van der Waals surface area (Å²) in [6, 6.07) is 28.8. The van der Waals surface area contributed by atoms with E-state index in [1.54, 1.807) is 4.90 Å². The first-order valence-electron chi connectivity index (χ1n) is 11.9. The van der Waals surface area contributed by atoms with Gasteiger partial charge in [-0.15, -0.1) is 0 Å². The summed E-state index contributed by atoms with van der Waals surface area (Å²) in [5.41, 5.74) is 4.80. The molecule has 2 aromatic heterocycles. The van der Waals surface area contributed by atoms with Crippen molar-refractivity contribution in [2.45, 2.75) is 0 Å². The second-order valence-corrected chi connectivity index (χ2v) is 8.77. The summed E-state index contributed by atoms with van der Waals surface area (Å²) >= 11 is 0. The molecule has 0 atom stereocenters. The Bertz CT molecular complexity index is 1440. The highest BCUT2D eigenvalue weighted by atomic mass is 16.3. The van der Waals surface area contributed by atoms with Crippen LogP contribution >= 0.6 is 0 Å². The summed E-state index contributed by atoms with van der Waals surface area (Å²) in [6.45, 7) is 5.02. The lowest BCUT2D eigenvalue weighted by Crippen LogP contribution is -3.14. The quantitative estimate of drug-likeness (QED) is 0.432. The molecule has 1 fully saturated rings. The van der Waals surface area contributed by atoms with E-state index in [0.29, 0.717) is 0 Å². The van der Waals surface area contributed by atoms with Gasteiger partial charge in [-0.25, -0.2) is 9.97 Å². The summed E-state index contributed by atoms with van der Waals surface area (Å²) in [4.78, 5) is 13.9. The van der Waals surface area contributed by atoms with Crippen LogP contribution in [0.1, 0.15) is 5.56 Å². The summed E-state index contributed by atoms with van der Waals surface area (Å²) in [5.74, 6) is 1.65. The predicted molar refractivity (Wildman–Crippen MR) is 138 cm³/mol. The van der Waals surface area contributed by atoms with Crippen molar-refractivity contribution in [2.75, 3.05) is 37.6 Å². The molecule has 34 heavy (non-hydrogen) atoms. The average molecular weight is 448 g/mol. The number of hydrogen-bond acceptors (Lipinski definition) is 4. The van der Waals surface area contributed by atoms with Crippen molar-refractivity contribution >= 4 is 34.0 Å². The first-order chi connectivity index (χ1) is 16.8. The highest BCUT2D eigenvalue weighted by molar-refractivity contribution is 6.06. The van der Waals surface area contributed by atoms with Crippen molar-refractivity contribution in [3.63, 3.8) is 0 Å². The highest BCUT2D eigenvalue weighted by Gasteiger charge is 2.25. The number of nitrogens with zero attached hydrogens (tertiary/aromatic N) is 3. The van der Waals surface area contributed by atoms with Gasteiger partial charge in [-0.1, -0.05) is 78.9 Å². The molecule has 0 amide bonds. The fraction of sp³-hybridized carbons (Fsp3) is 0.172. The Morgan fingerprint density at radius 1 is 0.824 bits per heavy atom. The third kappa shape index (κ3) is 4.06. The molecule has 1 saturated heterocycles. The lowest BCUT2D eigenvalue weighted by Gasteiger charge is -2.32. The van der Waals surface area contributed by atoms with Crippen LogP contribution in [0.3, 0.4) is 0 Å². The van der Waals surface area contributed by atoms with Crippen molar-refractivity contribution in [3.8, 4) is 11.4 Å². The topological polar surface area (TPSA) is 46.6 Å². The number of anilines is 1. The molecular weight excluding hydrogens is 420 g/mol. The van der Waals surface area contributed by atoms with Gasteiger partial charge in [0.2, 0.25) is 0 Å². The first kappa shape index (κ1) is 20.6. The molecular formula is C29H27N4O+. The molecule has 0 spiro atoms. The third-order valence-electron chi connectivity index (χ3n) is 6.52. The van der Waals surface area contributed by atoms with Crippen LogP contribution in [-0.4, -0.2) is 42.7 Å². The third-order valence-corrected chi connectivity index (χ3v) is 6.52. The average Bonchev–Trinajstić information content (AvgIpc) is 3.28. The molecule has 0 bridgehead atoms. The molecule has 1 aliphatic heterocycles. The summed E-state index contributed by atoms with van der Waals surface area (Å²) in [5, 5.41) is 1.04. The summed E-state index contributed by atoms with van der Waals surface area (Å²) < 4.78 is 6.28. The van der Waals surface area contributed by atoms with E-state index < -0.39 is 0 Å². The predicted octanol–water partition coefficient (Wildman–Crippen LogP) is 4.46. The van der Waals surface area contributed by atoms with Gasteiger partial charge in [0.25, 0.3) is 0 Å². The standard InChI is InChI=1S/C29H26N4O/c1-3-10-22(11-4-1)12-9-17-32-18-20-33(21-19-32)29-27-26(24-15-7-8-16-25(24)34-27)30-28(31-29)23-13-5-2-6-14-23/h1-16H,17-21H2/p+1. The number of furan rings is 1. The smallest absolute Gasteiger partial charge is 0.196 e. The minimum Gasteiger partial charge on any atom is -0.450 e. The molecule has 0 aliphatic carbocycles. The second-order valence-electron chi connectivity index (χ2n) is 8.77. The van der Waals surface area contributed by atoms with E-state index in [1.165, 1.54) is 5.56 Å². The van der Waals surface area contributed by atoms with E-state index in [-0.39, 0.29) is 0 Å². The number of piperazine rings is 1. The van der Waals surface area contributed by atoms with Crippen molar-refractivity contribution in [2.24, 2.45) is 0 Å². The first-order valence-corrected chi connectivity index (χ1v) is 11.9. The van der Waals surface area contributed by atoms with Crippen molar-refractivity contribution in [1.29, 1.82) is 0 Å². The number of aromatic nitrogens is 2. The molecule has 5 heteroatoms. The van der Waals surface area contributed by atoms with Gasteiger partial charge < -0.3 is 14.2 Å². The fourth-order valence-corrected chi connectivity index (χ4v) is 4.67. The monoisotopic (exact) mass is 447 g/mol. The zero-order valence-corrected chi connectivity index (χ0v) is 19.0. The molecule has 5 nitrogen and oxygen atoms in total. The van der Waals surface area contributed by atoms with Crippen LogP contribution in [0.4, 0.5) is 5.82 Å². The van der Waals surface area contributed by atoms with Crippen LogP contribution in [-0.2, 0) is 0 Å². The van der Waals surface area contributed by atoms with Gasteiger partial charge >= 0.3 is 0 Å². The van der Waals surface area contributed by atoms with E-state index in [9.17, 15) is 0 Å². The molecule has 0 unspecified atom stereocenters. The van der Waals surface area contributed by atoms with Crippen LogP contribution in [0, 0.1) is 0 Å². The maximum Gasteiger partial charge on any atom is 0.196 e. The molecule has 5 aromatic rings. The van der Waals surface area contributed by atoms with Gasteiger partial charge in [0.05, 0.1) is 32.7 Å². The largest absolute Gasteiger partial charge is 0.450 e. The van der Waals surface area contributed by atoms with Gasteiger partial charge in [-0.05, 0) is 23.8 Å². The Balaban J connectivity index is 1.28. The highest BCUT2D eigenvalue weighted by Crippen LogP contribution is 2.34. The number of nitrogens with one attached hydrogen (secondary N) is 1. The molecule has 1 aliphatic rings. The SMILES string of the molecule is C(=Cc1ccccc1)C[NH+]1CCN(c2nc(-c3ccccc3)nc3c2oc2ccccc23)CC1. The minimum absolute atomic E-state index is 0.746. The zero-order valence-electron chi connectivity index (χ0n) is 19.0. The fourth-order valence-electron chi connectivity index (χ4n) is 4.67. The normalized spacial score (nSPS) is 15.0. The maximum atomic E-state index is 6.28. The Hall–Kier alpha value is -3.96. The number of benzene rings is 3. The molecule has 6 rings (SSSR count). The number of fused-ring (bicyclic) bond motifs is 3. The maximum absolute atomic E-state index is 6.28. The van der Waals surface area contributed by atoms with Crippen molar-refractivity contribution < 1.29 is 9.32 Å². The summed E-state index contributed by atoms with van der Waals surface area (Å²) in [7, 11) is 0. The number of hydrogen-bond donors (Lipinski definition) is 1. The van der Waals surface area contributed by atoms with Crippen molar-refractivity contribution in [1.82, 2.24) is 9.97 Å². The van der Waals surface area contributed by atoms with Crippen LogP contribution < -0.4 is 9.80 Å². The van der Waals surface area contributed by atoms with Crippen LogP contribution in [0.5, 0.6) is 0 Å². The van der Waals surface area contributed by atoms with E-state index in [4.69, 9.17) is 14.4 Å². The molecule has 0 radical (unpaired) electrons. The Morgan fingerprint density at radius 3 is 2.32 bits per heavy atom. The van der Waals surface area contributed by atoms with Gasteiger partial charge in [-0.2, -0.15) is 0 Å². The zero-order chi connectivity index (χ0) is 22.7. The van der Waals surface area contributed by atoms with Crippen LogP contribution in [0.15, 0.2) is 95.4 Å². The van der Waals surface area contributed by atoms with Crippen LogP contribution in [0.25, 0.3) is 39.5 Å². The number of rotatable bonds is 5. The van der Waals surface area contributed by atoms with Gasteiger partial charge in [0.1, 0.15) is 11.1 Å². The lowest BCUT2D eigenvalue weighted by molar-refractivity contribution is -0.894. The molecule has 0 saturated carbocycles. The van der Waals surface area contributed by atoms with Crippen LogP contribution in [0.2, 0.25) is 0 Å². The van der Waals surface area contributed by atoms with Gasteiger partial charge in [0.15, 0.2) is 17.2 Å². The van der Waals surface area contributed by atoms with E-state index in [2.05, 4.69) is 65.6 Å². The number of para-hydroxylation sites is 1. The Kier molecular flexibility index (Phi) is 5.53. The van der Waals surface area contributed by atoms with Crippen molar-refractivity contribution in [3.05, 3.63) is 96.6 Å². The van der Waals surface area contributed by atoms with E-state index in [0.717, 1.165) is 72.0 Å². The lowest BCUT2D eigenvalue weighted by atomic mass is 10.2. The molecule has 1 N–H and O–H groups in total. The molecule has 3 heterocycles. The molecule has 3 aromatic carbocycles. The van der Waals surface area contributed by atoms with E-state index >= 15 is 0 Å². The second kappa shape index (κ2) is 9.12. The molecule has 168 valence electrons. The Morgan fingerprint density at radius 2 is 1.53 bits per heavy atom. The van der Waals surface area contributed by atoms with Gasteiger partial charge in [-0.3, -0.25) is 0 Å². The number of quaternary nitrogens is 1. The van der Waals surface area contributed by atoms with Gasteiger partial charge in [0, 0.05) is 10.9 Å². The minimum atomic E-state index is 0.746.